The lowest BCUT2D eigenvalue weighted by molar-refractivity contribution is 0.0472. The van der Waals surface area contributed by atoms with Crippen molar-refractivity contribution in [3.8, 4) is 0 Å². The van der Waals surface area contributed by atoms with Crippen LogP contribution in [0.4, 0.5) is 4.39 Å². The van der Waals surface area contributed by atoms with Gasteiger partial charge < -0.3 is 9.47 Å². The fourth-order valence-electron chi connectivity index (χ4n) is 2.58. The number of sulfonamides is 1. The summed E-state index contributed by atoms with van der Waals surface area (Å²) in [5, 5.41) is 0.145. The number of esters is 1. The largest absolute Gasteiger partial charge is 0.457 e. The van der Waals surface area contributed by atoms with Crippen molar-refractivity contribution in [2.45, 2.75) is 11.5 Å². The van der Waals surface area contributed by atoms with Gasteiger partial charge in [0.05, 0.1) is 28.7 Å². The van der Waals surface area contributed by atoms with E-state index in [1.165, 1.54) is 40.7 Å². The summed E-state index contributed by atoms with van der Waals surface area (Å²) < 4.78 is 50.1. The summed E-state index contributed by atoms with van der Waals surface area (Å²) >= 11 is 5.90. The second-order valence-corrected chi connectivity index (χ2v) is 8.20. The molecule has 0 bridgehead atoms. The first-order valence-corrected chi connectivity index (χ1v) is 9.99. The maximum Gasteiger partial charge on any atom is 0.338 e. The van der Waals surface area contributed by atoms with Crippen molar-refractivity contribution in [2.75, 3.05) is 26.3 Å². The molecular formula is C18H17ClFNO5S. The number of ether oxygens (including phenoxy) is 2. The van der Waals surface area contributed by atoms with Crippen molar-refractivity contribution in [1.82, 2.24) is 4.31 Å². The highest BCUT2D eigenvalue weighted by molar-refractivity contribution is 7.89. The van der Waals surface area contributed by atoms with Crippen LogP contribution < -0.4 is 0 Å². The SMILES string of the molecule is O=C(OCc1ccc(F)cc1Cl)c1cccc(S(=O)(=O)N2CCOCC2)c1. The number of rotatable bonds is 5. The predicted octanol–water partition coefficient (Wildman–Crippen LogP) is 2.86. The maximum atomic E-state index is 13.1. The number of benzene rings is 2. The van der Waals surface area contributed by atoms with Crippen molar-refractivity contribution < 1.29 is 27.1 Å². The average molecular weight is 414 g/mol. The maximum absolute atomic E-state index is 13.1. The molecule has 6 nitrogen and oxygen atoms in total. The normalized spacial score (nSPS) is 15.5. The molecule has 2 aromatic carbocycles. The molecule has 1 saturated heterocycles. The first-order chi connectivity index (χ1) is 12.9. The van der Waals surface area contributed by atoms with E-state index in [2.05, 4.69) is 0 Å². The van der Waals surface area contributed by atoms with Gasteiger partial charge in [-0.15, -0.1) is 0 Å². The third kappa shape index (κ3) is 4.65. The first kappa shape index (κ1) is 19.8. The molecule has 1 aliphatic rings. The Hall–Kier alpha value is -2.00. The van der Waals surface area contributed by atoms with Crippen LogP contribution in [0.3, 0.4) is 0 Å². The van der Waals surface area contributed by atoms with Gasteiger partial charge in [-0.05, 0) is 30.3 Å². The Kier molecular flexibility index (Phi) is 6.11. The summed E-state index contributed by atoms with van der Waals surface area (Å²) in [6.45, 7) is 1.04. The minimum Gasteiger partial charge on any atom is -0.457 e. The number of hydrogen-bond donors (Lipinski definition) is 0. The molecule has 0 amide bonds. The summed E-state index contributed by atoms with van der Waals surface area (Å²) in [6.07, 6.45) is 0. The van der Waals surface area contributed by atoms with Gasteiger partial charge >= 0.3 is 5.97 Å². The van der Waals surface area contributed by atoms with Crippen molar-refractivity contribution in [3.05, 3.63) is 64.4 Å². The summed E-state index contributed by atoms with van der Waals surface area (Å²) in [5.41, 5.74) is 0.547. The molecule has 0 atom stereocenters. The highest BCUT2D eigenvalue weighted by Gasteiger charge is 2.27. The van der Waals surface area contributed by atoms with Gasteiger partial charge in [-0.25, -0.2) is 17.6 Å². The van der Waals surface area contributed by atoms with Crippen LogP contribution in [0.5, 0.6) is 0 Å². The van der Waals surface area contributed by atoms with Crippen molar-refractivity contribution in [2.24, 2.45) is 0 Å². The summed E-state index contributed by atoms with van der Waals surface area (Å²) in [6, 6.07) is 9.41. The highest BCUT2D eigenvalue weighted by atomic mass is 35.5. The van der Waals surface area contributed by atoms with Gasteiger partial charge in [-0.2, -0.15) is 4.31 Å². The molecule has 0 N–H and O–H groups in total. The van der Waals surface area contributed by atoms with Crippen LogP contribution in [0.25, 0.3) is 0 Å². The van der Waals surface area contributed by atoms with Crippen molar-refractivity contribution >= 4 is 27.6 Å². The monoisotopic (exact) mass is 413 g/mol. The Balaban J connectivity index is 1.73. The first-order valence-electron chi connectivity index (χ1n) is 8.17. The number of nitrogens with zero attached hydrogens (tertiary/aromatic N) is 1. The second-order valence-electron chi connectivity index (χ2n) is 5.86. The smallest absolute Gasteiger partial charge is 0.338 e. The van der Waals surface area contributed by atoms with E-state index in [4.69, 9.17) is 21.1 Å². The van der Waals surface area contributed by atoms with Gasteiger partial charge in [-0.1, -0.05) is 23.7 Å². The molecule has 9 heteroatoms. The second kappa shape index (κ2) is 8.35. The van der Waals surface area contributed by atoms with Crippen LogP contribution in [0.1, 0.15) is 15.9 Å². The zero-order chi connectivity index (χ0) is 19.4. The molecule has 0 aromatic heterocycles. The quantitative estimate of drug-likeness (QED) is 0.705. The third-order valence-corrected chi connectivity index (χ3v) is 6.30. The Morgan fingerprint density at radius 3 is 2.63 bits per heavy atom. The Bertz CT molecular complexity index is 945. The van der Waals surface area contributed by atoms with Crippen LogP contribution >= 0.6 is 11.6 Å². The minimum absolute atomic E-state index is 0.0127. The van der Waals surface area contributed by atoms with Gasteiger partial charge in [0.2, 0.25) is 10.0 Å². The molecule has 3 rings (SSSR count). The Labute approximate surface area is 161 Å². The van der Waals surface area contributed by atoms with Crippen LogP contribution in [0.15, 0.2) is 47.4 Å². The Morgan fingerprint density at radius 1 is 1.19 bits per heavy atom. The third-order valence-electron chi connectivity index (χ3n) is 4.05. The fourth-order valence-corrected chi connectivity index (χ4v) is 4.26. The lowest BCUT2D eigenvalue weighted by Gasteiger charge is -2.26. The van der Waals surface area contributed by atoms with E-state index in [9.17, 15) is 17.6 Å². The van der Waals surface area contributed by atoms with Gasteiger partial charge in [0.25, 0.3) is 0 Å². The standard InChI is InChI=1S/C18H17ClFNO5S/c19-17-11-15(20)5-4-14(17)12-26-18(22)13-2-1-3-16(10-13)27(23,24)21-6-8-25-9-7-21/h1-5,10-11H,6-9,12H2. The molecular weight excluding hydrogens is 397 g/mol. The average Bonchev–Trinajstić information content (AvgIpc) is 2.68. The molecule has 1 aliphatic heterocycles. The molecule has 0 radical (unpaired) electrons. The molecule has 2 aromatic rings. The topological polar surface area (TPSA) is 72.9 Å². The number of hydrogen-bond acceptors (Lipinski definition) is 5. The van der Waals surface area contributed by atoms with Gasteiger partial charge in [0.1, 0.15) is 12.4 Å². The summed E-state index contributed by atoms with van der Waals surface area (Å²) in [7, 11) is -3.71. The summed E-state index contributed by atoms with van der Waals surface area (Å²) in [4.78, 5) is 12.3. The van der Waals surface area contributed by atoms with E-state index >= 15 is 0 Å². The van der Waals surface area contributed by atoms with Crippen molar-refractivity contribution in [3.63, 3.8) is 0 Å². The van der Waals surface area contributed by atoms with Gasteiger partial charge in [-0.3, -0.25) is 0 Å². The molecule has 0 spiro atoms. The van der Waals surface area contributed by atoms with E-state index in [0.29, 0.717) is 18.8 Å². The zero-order valence-corrected chi connectivity index (χ0v) is 15.8. The van der Waals surface area contributed by atoms with E-state index in [-0.39, 0.29) is 35.2 Å². The molecule has 144 valence electrons. The van der Waals surface area contributed by atoms with E-state index in [1.807, 2.05) is 0 Å². The Morgan fingerprint density at radius 2 is 1.93 bits per heavy atom. The highest BCUT2D eigenvalue weighted by Crippen LogP contribution is 2.21. The van der Waals surface area contributed by atoms with E-state index in [1.54, 1.807) is 0 Å². The molecule has 0 aliphatic carbocycles. The predicted molar refractivity (Wildman–Crippen MR) is 96.5 cm³/mol. The van der Waals surface area contributed by atoms with Crippen molar-refractivity contribution in [1.29, 1.82) is 0 Å². The van der Waals surface area contributed by atoms with Gasteiger partial charge in [0, 0.05) is 18.7 Å². The molecule has 0 unspecified atom stereocenters. The van der Waals surface area contributed by atoms with Crippen LogP contribution in [0.2, 0.25) is 5.02 Å². The van der Waals surface area contributed by atoms with E-state index < -0.39 is 21.8 Å². The number of morpholine rings is 1. The van der Waals surface area contributed by atoms with Crippen LogP contribution in [-0.4, -0.2) is 45.0 Å². The number of carbonyl (C=O) groups excluding carboxylic acids is 1. The molecule has 1 heterocycles. The fraction of sp³-hybridized carbons (Fsp3) is 0.278. The lowest BCUT2D eigenvalue weighted by Crippen LogP contribution is -2.40. The molecule has 27 heavy (non-hydrogen) atoms. The lowest BCUT2D eigenvalue weighted by atomic mass is 10.2. The summed E-state index contributed by atoms with van der Waals surface area (Å²) in [5.74, 6) is -1.19. The zero-order valence-electron chi connectivity index (χ0n) is 14.2. The molecule has 0 saturated carbocycles. The van der Waals surface area contributed by atoms with Gasteiger partial charge in [0.15, 0.2) is 0 Å². The van der Waals surface area contributed by atoms with E-state index in [0.717, 1.165) is 6.07 Å². The van der Waals surface area contributed by atoms with Crippen LogP contribution in [0, 0.1) is 5.82 Å². The number of halogens is 2. The molecule has 1 fully saturated rings. The van der Waals surface area contributed by atoms with Crippen LogP contribution in [-0.2, 0) is 26.1 Å². The minimum atomic E-state index is -3.71. The number of carbonyl (C=O) groups is 1.